The van der Waals surface area contributed by atoms with Gasteiger partial charge in [-0.25, -0.2) is 0 Å². The summed E-state index contributed by atoms with van der Waals surface area (Å²) >= 11 is 5.96. The maximum Gasteiger partial charge on any atom is 0.254 e. The van der Waals surface area contributed by atoms with E-state index in [0.29, 0.717) is 24.4 Å². The van der Waals surface area contributed by atoms with E-state index in [1.54, 1.807) is 6.07 Å². The molecule has 22 heavy (non-hydrogen) atoms. The van der Waals surface area contributed by atoms with Gasteiger partial charge in [0.2, 0.25) is 0 Å². The normalized spacial score (nSPS) is 16.1. The fourth-order valence-electron chi connectivity index (χ4n) is 2.93. The molecule has 3 N–H and O–H groups in total. The molecule has 1 saturated carbocycles. The van der Waals surface area contributed by atoms with Crippen LogP contribution in [0.3, 0.4) is 0 Å². The maximum atomic E-state index is 12.2. The zero-order chi connectivity index (χ0) is 15.6. The van der Waals surface area contributed by atoms with Crippen LogP contribution in [0, 0.1) is 0 Å². The highest BCUT2D eigenvalue weighted by molar-refractivity contribution is 6.30. The monoisotopic (exact) mass is 318 g/mol. The summed E-state index contributed by atoms with van der Waals surface area (Å²) < 4.78 is 5.20. The van der Waals surface area contributed by atoms with Crippen molar-refractivity contribution >= 4 is 17.5 Å². The number of furan rings is 1. The number of carbonyl (C=O) groups is 1. The van der Waals surface area contributed by atoms with Crippen molar-refractivity contribution in [2.45, 2.75) is 31.2 Å². The quantitative estimate of drug-likeness (QED) is 0.889. The van der Waals surface area contributed by atoms with Gasteiger partial charge in [-0.05, 0) is 36.6 Å². The molecule has 1 amide bonds. The molecule has 1 aromatic carbocycles. The molecule has 1 fully saturated rings. The van der Waals surface area contributed by atoms with Gasteiger partial charge in [0.15, 0.2) is 0 Å². The molecule has 5 heteroatoms. The van der Waals surface area contributed by atoms with Crippen molar-refractivity contribution in [3.63, 3.8) is 0 Å². The van der Waals surface area contributed by atoms with Crippen LogP contribution in [0.15, 0.2) is 41.0 Å². The first-order valence-electron chi connectivity index (χ1n) is 7.45. The van der Waals surface area contributed by atoms with Gasteiger partial charge >= 0.3 is 0 Å². The Morgan fingerprint density at radius 3 is 2.59 bits per heavy atom. The summed E-state index contributed by atoms with van der Waals surface area (Å²) in [6, 6.07) is 9.60. The lowest BCUT2D eigenvalue weighted by molar-refractivity contribution is 0.0927. The summed E-state index contributed by atoms with van der Waals surface area (Å²) in [5.41, 5.74) is 7.27. The number of hydrogen-bond donors (Lipinski definition) is 2. The van der Waals surface area contributed by atoms with Crippen LogP contribution in [0.2, 0.25) is 5.02 Å². The second-order valence-electron chi connectivity index (χ2n) is 5.83. The van der Waals surface area contributed by atoms with Gasteiger partial charge in [0.1, 0.15) is 12.0 Å². The Bertz CT molecular complexity index is 660. The largest absolute Gasteiger partial charge is 0.467 e. The van der Waals surface area contributed by atoms with E-state index in [-0.39, 0.29) is 11.3 Å². The van der Waals surface area contributed by atoms with Crippen LogP contribution < -0.4 is 11.1 Å². The van der Waals surface area contributed by atoms with Crippen LogP contribution in [-0.4, -0.2) is 12.5 Å². The molecule has 0 saturated heterocycles. The predicted octanol–water partition coefficient (Wildman–Crippen LogP) is 3.24. The summed E-state index contributed by atoms with van der Waals surface area (Å²) in [5, 5.41) is 3.75. The van der Waals surface area contributed by atoms with Crippen LogP contribution in [-0.2, 0) is 12.0 Å². The third-order valence-corrected chi connectivity index (χ3v) is 4.72. The Morgan fingerprint density at radius 1 is 1.32 bits per heavy atom. The van der Waals surface area contributed by atoms with Crippen molar-refractivity contribution < 1.29 is 9.21 Å². The molecule has 2 aromatic rings. The number of carbonyl (C=O) groups excluding carboxylic acids is 1. The molecule has 0 radical (unpaired) electrons. The molecule has 3 rings (SSSR count). The van der Waals surface area contributed by atoms with Gasteiger partial charge in [0, 0.05) is 17.0 Å². The molecular weight excluding hydrogens is 300 g/mol. The first-order valence-corrected chi connectivity index (χ1v) is 7.82. The van der Waals surface area contributed by atoms with E-state index >= 15 is 0 Å². The Morgan fingerprint density at radius 2 is 2.05 bits per heavy atom. The summed E-state index contributed by atoms with van der Waals surface area (Å²) in [7, 11) is 0. The number of nitrogens with two attached hydrogens (primary N) is 1. The molecule has 0 aliphatic heterocycles. The molecule has 0 unspecified atom stereocenters. The lowest BCUT2D eigenvalue weighted by Crippen LogP contribution is -2.45. The van der Waals surface area contributed by atoms with Crippen molar-refractivity contribution in [3.8, 4) is 0 Å². The zero-order valence-electron chi connectivity index (χ0n) is 12.3. The Labute approximate surface area is 134 Å². The third kappa shape index (κ3) is 2.89. The van der Waals surface area contributed by atoms with E-state index in [0.717, 1.165) is 17.9 Å². The van der Waals surface area contributed by atoms with Crippen LogP contribution in [0.25, 0.3) is 0 Å². The van der Waals surface area contributed by atoms with Gasteiger partial charge < -0.3 is 15.5 Å². The average Bonchev–Trinajstić information content (AvgIpc) is 2.96. The van der Waals surface area contributed by atoms with Crippen molar-refractivity contribution in [2.75, 3.05) is 6.54 Å². The summed E-state index contributed by atoms with van der Waals surface area (Å²) in [6.07, 6.45) is 4.79. The number of amides is 1. The molecule has 4 nitrogen and oxygen atoms in total. The molecule has 1 heterocycles. The van der Waals surface area contributed by atoms with Gasteiger partial charge in [-0.1, -0.05) is 30.2 Å². The first kappa shape index (κ1) is 15.1. The first-order chi connectivity index (χ1) is 10.6. The highest BCUT2D eigenvalue weighted by atomic mass is 35.5. The standard InChI is InChI=1S/C17H19ClN2O2/c18-14-4-2-13(3-5-14)17(6-1-7-17)11-20-16(21)12-8-15(9-19)22-10-12/h2-5,8,10H,1,6-7,9,11,19H2,(H,20,21). The lowest BCUT2D eigenvalue weighted by Gasteiger charge is -2.42. The number of nitrogens with one attached hydrogen (secondary N) is 1. The maximum absolute atomic E-state index is 12.2. The Balaban J connectivity index is 1.68. The smallest absolute Gasteiger partial charge is 0.254 e. The van der Waals surface area contributed by atoms with Gasteiger partial charge in [0.25, 0.3) is 5.91 Å². The Kier molecular flexibility index (Phi) is 4.23. The summed E-state index contributed by atoms with van der Waals surface area (Å²) in [5.74, 6) is 0.491. The highest BCUT2D eigenvalue weighted by Crippen LogP contribution is 2.43. The van der Waals surface area contributed by atoms with E-state index in [2.05, 4.69) is 17.4 Å². The van der Waals surface area contributed by atoms with E-state index in [4.69, 9.17) is 21.8 Å². The minimum atomic E-state index is -0.122. The SMILES string of the molecule is NCc1cc(C(=O)NCC2(c3ccc(Cl)cc3)CCC2)co1. The second-order valence-corrected chi connectivity index (χ2v) is 6.27. The number of benzene rings is 1. The van der Waals surface area contributed by atoms with Crippen LogP contribution in [0.5, 0.6) is 0 Å². The molecular formula is C17H19ClN2O2. The van der Waals surface area contributed by atoms with Crippen LogP contribution in [0.4, 0.5) is 0 Å². The molecule has 116 valence electrons. The van der Waals surface area contributed by atoms with E-state index < -0.39 is 0 Å². The Hall–Kier alpha value is -1.78. The van der Waals surface area contributed by atoms with Gasteiger partial charge in [-0.3, -0.25) is 4.79 Å². The second kappa shape index (κ2) is 6.15. The molecule has 0 spiro atoms. The fraction of sp³-hybridized carbons (Fsp3) is 0.353. The van der Waals surface area contributed by atoms with Crippen LogP contribution in [0.1, 0.15) is 40.9 Å². The van der Waals surface area contributed by atoms with Gasteiger partial charge in [-0.15, -0.1) is 0 Å². The lowest BCUT2D eigenvalue weighted by atomic mass is 9.64. The predicted molar refractivity (Wildman–Crippen MR) is 85.9 cm³/mol. The van der Waals surface area contributed by atoms with Crippen molar-refractivity contribution in [2.24, 2.45) is 5.73 Å². The van der Waals surface area contributed by atoms with E-state index in [1.807, 2.05) is 12.1 Å². The van der Waals surface area contributed by atoms with Gasteiger partial charge in [0.05, 0.1) is 12.1 Å². The molecule has 0 atom stereocenters. The zero-order valence-corrected chi connectivity index (χ0v) is 13.0. The number of halogens is 1. The molecule has 1 aliphatic rings. The number of rotatable bonds is 5. The number of hydrogen-bond acceptors (Lipinski definition) is 3. The third-order valence-electron chi connectivity index (χ3n) is 4.47. The molecule has 1 aromatic heterocycles. The van der Waals surface area contributed by atoms with Crippen molar-refractivity contribution in [1.82, 2.24) is 5.32 Å². The summed E-state index contributed by atoms with van der Waals surface area (Å²) in [4.78, 5) is 12.2. The van der Waals surface area contributed by atoms with Crippen molar-refractivity contribution in [3.05, 3.63) is 58.5 Å². The van der Waals surface area contributed by atoms with E-state index in [9.17, 15) is 4.79 Å². The van der Waals surface area contributed by atoms with E-state index in [1.165, 1.54) is 18.2 Å². The van der Waals surface area contributed by atoms with Crippen molar-refractivity contribution in [1.29, 1.82) is 0 Å². The topological polar surface area (TPSA) is 68.3 Å². The minimum absolute atomic E-state index is 0.0285. The molecule has 1 aliphatic carbocycles. The average molecular weight is 319 g/mol. The van der Waals surface area contributed by atoms with Crippen LogP contribution >= 0.6 is 11.6 Å². The molecule has 0 bridgehead atoms. The summed E-state index contributed by atoms with van der Waals surface area (Å²) in [6.45, 7) is 0.915. The van der Waals surface area contributed by atoms with Gasteiger partial charge in [-0.2, -0.15) is 0 Å². The fourth-order valence-corrected chi connectivity index (χ4v) is 3.06. The minimum Gasteiger partial charge on any atom is -0.467 e. The highest BCUT2D eigenvalue weighted by Gasteiger charge is 2.38.